The summed E-state index contributed by atoms with van der Waals surface area (Å²) >= 11 is 0. The Balaban J connectivity index is 2.22. The first kappa shape index (κ1) is 13.0. The molecule has 6 nitrogen and oxygen atoms in total. The van der Waals surface area contributed by atoms with Crippen LogP contribution < -0.4 is 15.8 Å². The first-order valence-electron chi connectivity index (χ1n) is 5.74. The fourth-order valence-corrected chi connectivity index (χ4v) is 1.39. The first-order valence-corrected chi connectivity index (χ1v) is 5.74. The molecular weight excluding hydrogens is 249 g/mol. The highest BCUT2D eigenvalue weighted by atomic mass is 19.1. The number of nitrogens with two attached hydrogens (primary N) is 1. The van der Waals surface area contributed by atoms with Crippen molar-refractivity contribution in [1.29, 1.82) is 0 Å². The van der Waals surface area contributed by atoms with Gasteiger partial charge >= 0.3 is 6.01 Å². The number of ether oxygens (including phenoxy) is 1. The molecule has 0 amide bonds. The molecule has 1 heterocycles. The molecule has 0 bridgehead atoms. The van der Waals surface area contributed by atoms with E-state index in [1.807, 2.05) is 13.8 Å². The number of rotatable bonds is 4. The van der Waals surface area contributed by atoms with Crippen LogP contribution in [0.1, 0.15) is 13.8 Å². The molecule has 7 heteroatoms. The molecule has 0 atom stereocenters. The number of halogens is 1. The predicted molar refractivity (Wildman–Crippen MR) is 69.7 cm³/mol. The molecular formula is C12H14FN5O. The van der Waals surface area contributed by atoms with Gasteiger partial charge in [0.15, 0.2) is 0 Å². The van der Waals surface area contributed by atoms with Gasteiger partial charge in [0, 0.05) is 5.69 Å². The van der Waals surface area contributed by atoms with E-state index < -0.39 is 0 Å². The minimum atomic E-state index is -0.356. The molecule has 2 aromatic rings. The molecule has 0 fully saturated rings. The Morgan fingerprint density at radius 2 is 2.05 bits per heavy atom. The van der Waals surface area contributed by atoms with E-state index in [0.717, 1.165) is 0 Å². The molecule has 0 aliphatic rings. The van der Waals surface area contributed by atoms with Crippen molar-refractivity contribution >= 4 is 17.6 Å². The molecule has 19 heavy (non-hydrogen) atoms. The molecule has 0 spiro atoms. The van der Waals surface area contributed by atoms with Gasteiger partial charge in [-0.15, -0.1) is 0 Å². The van der Waals surface area contributed by atoms with Crippen LogP contribution in [0.2, 0.25) is 0 Å². The van der Waals surface area contributed by atoms with E-state index in [-0.39, 0.29) is 29.8 Å². The van der Waals surface area contributed by atoms with Gasteiger partial charge in [-0.25, -0.2) is 4.39 Å². The molecule has 0 saturated carbocycles. The van der Waals surface area contributed by atoms with E-state index in [0.29, 0.717) is 5.69 Å². The van der Waals surface area contributed by atoms with Crippen molar-refractivity contribution in [2.24, 2.45) is 0 Å². The molecule has 1 aromatic heterocycles. The average Bonchev–Trinajstić information content (AvgIpc) is 2.26. The molecule has 1 aromatic carbocycles. The molecule has 100 valence electrons. The summed E-state index contributed by atoms with van der Waals surface area (Å²) in [7, 11) is 0. The van der Waals surface area contributed by atoms with E-state index >= 15 is 0 Å². The largest absolute Gasteiger partial charge is 0.461 e. The van der Waals surface area contributed by atoms with Crippen molar-refractivity contribution in [2.75, 3.05) is 11.1 Å². The maximum Gasteiger partial charge on any atom is 0.323 e. The zero-order valence-electron chi connectivity index (χ0n) is 10.6. The number of anilines is 3. The molecule has 0 aliphatic carbocycles. The van der Waals surface area contributed by atoms with Crippen LogP contribution in [0.25, 0.3) is 0 Å². The van der Waals surface area contributed by atoms with Gasteiger partial charge in [-0.05, 0) is 32.0 Å². The summed E-state index contributed by atoms with van der Waals surface area (Å²) in [5.41, 5.74) is 6.08. The number of hydrogen-bond donors (Lipinski definition) is 2. The van der Waals surface area contributed by atoms with Crippen LogP contribution in [0.5, 0.6) is 6.01 Å². The number of benzene rings is 1. The lowest BCUT2D eigenvalue weighted by Crippen LogP contribution is -2.11. The van der Waals surface area contributed by atoms with Gasteiger partial charge in [0.25, 0.3) is 0 Å². The van der Waals surface area contributed by atoms with Crippen LogP contribution in [0, 0.1) is 5.82 Å². The molecule has 0 unspecified atom stereocenters. The Morgan fingerprint density at radius 1 is 1.26 bits per heavy atom. The maximum absolute atomic E-state index is 13.1. The highest BCUT2D eigenvalue weighted by molar-refractivity contribution is 5.53. The van der Waals surface area contributed by atoms with Gasteiger partial charge in [-0.3, -0.25) is 0 Å². The number of nitrogens with one attached hydrogen (secondary N) is 1. The fraction of sp³-hybridized carbons (Fsp3) is 0.250. The van der Waals surface area contributed by atoms with Crippen LogP contribution in [-0.4, -0.2) is 21.1 Å². The summed E-state index contributed by atoms with van der Waals surface area (Å²) in [6.45, 7) is 3.69. The summed E-state index contributed by atoms with van der Waals surface area (Å²) in [6, 6.07) is 6.06. The minimum absolute atomic E-state index is 0.0320. The quantitative estimate of drug-likeness (QED) is 0.878. The number of aromatic nitrogens is 3. The standard InChI is InChI=1S/C12H14FN5O/c1-7(2)19-12-17-10(14)16-11(18-12)15-9-5-3-4-8(13)6-9/h3-7H,1-2H3,(H3,14,15,16,17,18). The van der Waals surface area contributed by atoms with Gasteiger partial charge in [-0.2, -0.15) is 15.0 Å². The van der Waals surface area contributed by atoms with Gasteiger partial charge in [0.05, 0.1) is 6.10 Å². The maximum atomic E-state index is 13.1. The van der Waals surface area contributed by atoms with E-state index in [1.165, 1.54) is 12.1 Å². The number of hydrogen-bond acceptors (Lipinski definition) is 6. The van der Waals surface area contributed by atoms with Crippen molar-refractivity contribution < 1.29 is 9.13 Å². The highest BCUT2D eigenvalue weighted by Crippen LogP contribution is 2.16. The zero-order chi connectivity index (χ0) is 13.8. The van der Waals surface area contributed by atoms with E-state index in [9.17, 15) is 4.39 Å². The lowest BCUT2D eigenvalue weighted by Gasteiger charge is -2.10. The first-order chi connectivity index (χ1) is 9.02. The van der Waals surface area contributed by atoms with E-state index in [4.69, 9.17) is 10.5 Å². The lowest BCUT2D eigenvalue weighted by molar-refractivity contribution is 0.222. The Hall–Kier alpha value is -2.44. The molecule has 0 saturated heterocycles. The molecule has 0 aliphatic heterocycles. The third-order valence-corrected chi connectivity index (χ3v) is 2.05. The van der Waals surface area contributed by atoms with Crippen molar-refractivity contribution in [3.05, 3.63) is 30.1 Å². The lowest BCUT2D eigenvalue weighted by atomic mass is 10.3. The number of nitrogens with zero attached hydrogens (tertiary/aromatic N) is 3. The Labute approximate surface area is 109 Å². The van der Waals surface area contributed by atoms with E-state index in [1.54, 1.807) is 12.1 Å². The van der Waals surface area contributed by atoms with Gasteiger partial charge in [0.2, 0.25) is 11.9 Å². The van der Waals surface area contributed by atoms with Crippen LogP contribution in [0.15, 0.2) is 24.3 Å². The van der Waals surface area contributed by atoms with E-state index in [2.05, 4.69) is 20.3 Å². The zero-order valence-corrected chi connectivity index (χ0v) is 10.6. The monoisotopic (exact) mass is 263 g/mol. The summed E-state index contributed by atoms with van der Waals surface area (Å²) < 4.78 is 18.4. The smallest absolute Gasteiger partial charge is 0.323 e. The van der Waals surface area contributed by atoms with Crippen LogP contribution in [0.3, 0.4) is 0 Å². The van der Waals surface area contributed by atoms with Crippen LogP contribution in [-0.2, 0) is 0 Å². The normalized spacial score (nSPS) is 10.5. The van der Waals surface area contributed by atoms with Gasteiger partial charge in [0.1, 0.15) is 5.82 Å². The second-order valence-electron chi connectivity index (χ2n) is 4.10. The summed E-state index contributed by atoms with van der Waals surface area (Å²) in [5.74, 6) is -0.121. The Kier molecular flexibility index (Phi) is 3.74. The summed E-state index contributed by atoms with van der Waals surface area (Å²) in [5, 5.41) is 2.84. The van der Waals surface area contributed by atoms with Gasteiger partial charge < -0.3 is 15.8 Å². The second-order valence-corrected chi connectivity index (χ2v) is 4.10. The molecule has 2 rings (SSSR count). The average molecular weight is 263 g/mol. The van der Waals surface area contributed by atoms with Crippen molar-refractivity contribution in [3.8, 4) is 6.01 Å². The third-order valence-electron chi connectivity index (χ3n) is 2.05. The summed E-state index contributed by atoms with van der Waals surface area (Å²) in [4.78, 5) is 11.8. The van der Waals surface area contributed by atoms with Crippen molar-refractivity contribution in [1.82, 2.24) is 15.0 Å². The van der Waals surface area contributed by atoms with Crippen LogP contribution >= 0.6 is 0 Å². The summed E-state index contributed by atoms with van der Waals surface area (Å²) in [6.07, 6.45) is -0.0798. The topological polar surface area (TPSA) is 86.0 Å². The Morgan fingerprint density at radius 3 is 2.74 bits per heavy atom. The predicted octanol–water partition coefficient (Wildman–Crippen LogP) is 2.12. The molecule has 0 radical (unpaired) electrons. The fourth-order valence-electron chi connectivity index (χ4n) is 1.39. The van der Waals surface area contributed by atoms with Crippen molar-refractivity contribution in [3.63, 3.8) is 0 Å². The third kappa shape index (κ3) is 3.77. The van der Waals surface area contributed by atoms with Crippen molar-refractivity contribution in [2.45, 2.75) is 20.0 Å². The second kappa shape index (κ2) is 5.47. The number of nitrogen functional groups attached to an aromatic ring is 1. The molecule has 3 N–H and O–H groups in total. The SMILES string of the molecule is CC(C)Oc1nc(N)nc(Nc2cccc(F)c2)n1. The van der Waals surface area contributed by atoms with Crippen LogP contribution in [0.4, 0.5) is 22.0 Å². The van der Waals surface area contributed by atoms with Gasteiger partial charge in [-0.1, -0.05) is 6.07 Å². The minimum Gasteiger partial charge on any atom is -0.461 e. The highest BCUT2D eigenvalue weighted by Gasteiger charge is 2.07. The Bertz CT molecular complexity index is 576.